The summed E-state index contributed by atoms with van der Waals surface area (Å²) in [5, 5.41) is 7.82. The fourth-order valence-electron chi connectivity index (χ4n) is 1.76. The second-order valence-electron chi connectivity index (χ2n) is 3.85. The van der Waals surface area contributed by atoms with Gasteiger partial charge in [0.25, 0.3) is 0 Å². The maximum atomic E-state index is 12.0. The molecule has 0 aliphatic carbocycles. The zero-order valence-corrected chi connectivity index (χ0v) is 9.66. The number of aldehydes is 1. The molecule has 0 aromatic heterocycles. The minimum absolute atomic E-state index is 0.315. The van der Waals surface area contributed by atoms with Gasteiger partial charge >= 0.3 is 6.03 Å². The Morgan fingerprint density at radius 2 is 1.83 bits per heavy atom. The first-order chi connectivity index (χ1) is 8.57. The van der Waals surface area contributed by atoms with E-state index in [1.54, 1.807) is 30.3 Å². The van der Waals surface area contributed by atoms with Gasteiger partial charge in [0, 0.05) is 7.05 Å². The minimum Gasteiger partial charge on any atom is -0.302 e. The monoisotopic (exact) mass is 245 g/mol. The van der Waals surface area contributed by atoms with E-state index in [1.807, 2.05) is 0 Å². The van der Waals surface area contributed by atoms with Crippen molar-refractivity contribution < 1.29 is 14.4 Å². The Balaban J connectivity index is 2.46. The average Bonchev–Trinajstić information content (AvgIpc) is 2.38. The molecule has 1 aliphatic heterocycles. The van der Waals surface area contributed by atoms with E-state index in [9.17, 15) is 14.4 Å². The number of anilines is 1. The van der Waals surface area contributed by atoms with Gasteiger partial charge in [0.15, 0.2) is 5.92 Å². The summed E-state index contributed by atoms with van der Waals surface area (Å²) < 4.78 is 0. The molecule has 1 N–H and O–H groups in total. The van der Waals surface area contributed by atoms with Crippen molar-refractivity contribution in [3.05, 3.63) is 30.3 Å². The number of imide groups is 1. The van der Waals surface area contributed by atoms with Crippen molar-refractivity contribution in [3.8, 4) is 0 Å². The molecule has 1 aromatic carbocycles. The van der Waals surface area contributed by atoms with Crippen molar-refractivity contribution >= 4 is 29.7 Å². The highest BCUT2D eigenvalue weighted by atomic mass is 16.2. The highest BCUT2D eigenvalue weighted by Gasteiger charge is 2.42. The van der Waals surface area contributed by atoms with Gasteiger partial charge in [-0.15, -0.1) is 0 Å². The summed E-state index contributed by atoms with van der Waals surface area (Å²) >= 11 is 0. The zero-order valence-electron chi connectivity index (χ0n) is 9.66. The van der Waals surface area contributed by atoms with Crippen LogP contribution in [0.15, 0.2) is 30.3 Å². The molecule has 1 fully saturated rings. The molecule has 1 aliphatic rings. The van der Waals surface area contributed by atoms with Crippen LogP contribution in [0.4, 0.5) is 10.5 Å². The highest BCUT2D eigenvalue weighted by molar-refractivity contribution is 6.32. The number of hydrogen-bond donors (Lipinski definition) is 1. The van der Waals surface area contributed by atoms with E-state index in [0.717, 1.165) is 9.80 Å². The number of nitrogens with one attached hydrogen (secondary N) is 1. The van der Waals surface area contributed by atoms with Gasteiger partial charge in [-0.3, -0.25) is 15.1 Å². The Labute approximate surface area is 103 Å². The second-order valence-corrected chi connectivity index (χ2v) is 3.85. The maximum absolute atomic E-state index is 12.0. The molecular weight excluding hydrogens is 234 g/mol. The fraction of sp³-hybridized carbons (Fsp3) is 0.167. The summed E-state index contributed by atoms with van der Waals surface area (Å²) in [5.41, 5.74) is 0.457. The first kappa shape index (κ1) is 12.0. The van der Waals surface area contributed by atoms with Gasteiger partial charge in [-0.05, 0) is 12.1 Å². The quantitative estimate of drug-likeness (QED) is 0.620. The lowest BCUT2D eigenvalue weighted by Gasteiger charge is -2.35. The third kappa shape index (κ3) is 1.67. The summed E-state index contributed by atoms with van der Waals surface area (Å²) in [5.74, 6) is -2.22. The van der Waals surface area contributed by atoms with Gasteiger partial charge < -0.3 is 4.79 Å². The predicted octanol–water partition coefficient (Wildman–Crippen LogP) is 0.877. The fourth-order valence-corrected chi connectivity index (χ4v) is 1.76. The van der Waals surface area contributed by atoms with E-state index in [2.05, 4.69) is 0 Å². The lowest BCUT2D eigenvalue weighted by atomic mass is 10.0. The van der Waals surface area contributed by atoms with Crippen molar-refractivity contribution in [2.75, 3.05) is 11.9 Å². The van der Waals surface area contributed by atoms with Gasteiger partial charge in [-0.2, -0.15) is 0 Å². The van der Waals surface area contributed by atoms with Crippen LogP contribution in [0.1, 0.15) is 0 Å². The Hall–Kier alpha value is -2.50. The molecule has 6 heteroatoms. The number of amides is 3. The summed E-state index contributed by atoms with van der Waals surface area (Å²) in [7, 11) is 1.30. The summed E-state index contributed by atoms with van der Waals surface area (Å²) in [4.78, 5) is 36.4. The third-order valence-corrected chi connectivity index (χ3v) is 2.76. The molecular formula is C12H11N3O3. The van der Waals surface area contributed by atoms with Crippen LogP contribution < -0.4 is 4.90 Å². The number of carbonyl (C=O) groups is 3. The molecule has 0 spiro atoms. The van der Waals surface area contributed by atoms with Crippen LogP contribution >= 0.6 is 0 Å². The maximum Gasteiger partial charge on any atom is 0.336 e. The number of carbonyl (C=O) groups excluding carboxylic acids is 3. The summed E-state index contributed by atoms with van der Waals surface area (Å²) in [6.45, 7) is 0. The molecule has 0 bridgehead atoms. The third-order valence-electron chi connectivity index (χ3n) is 2.76. The summed E-state index contributed by atoms with van der Waals surface area (Å²) in [6.07, 6.45) is 0.379. The number of urea groups is 1. The number of nitrogens with zero attached hydrogens (tertiary/aromatic N) is 2. The predicted molar refractivity (Wildman–Crippen MR) is 64.4 cm³/mol. The van der Waals surface area contributed by atoms with E-state index >= 15 is 0 Å². The van der Waals surface area contributed by atoms with Crippen LogP contribution in [0.3, 0.4) is 0 Å². The SMILES string of the molecule is CN1C(=O)C(C=O)C(=N)N(c2ccccc2)C1=O. The van der Waals surface area contributed by atoms with Crippen LogP contribution in [0.25, 0.3) is 0 Å². The Morgan fingerprint density at radius 3 is 2.39 bits per heavy atom. The molecule has 1 unspecified atom stereocenters. The van der Waals surface area contributed by atoms with Gasteiger partial charge in [0.1, 0.15) is 12.1 Å². The largest absolute Gasteiger partial charge is 0.336 e. The minimum atomic E-state index is -1.23. The van der Waals surface area contributed by atoms with E-state index in [-0.39, 0.29) is 5.84 Å². The van der Waals surface area contributed by atoms with Crippen molar-refractivity contribution in [2.24, 2.45) is 5.92 Å². The van der Waals surface area contributed by atoms with Crippen LogP contribution in [-0.4, -0.2) is 36.0 Å². The number of benzene rings is 1. The van der Waals surface area contributed by atoms with Gasteiger partial charge in [0.05, 0.1) is 5.69 Å². The van der Waals surface area contributed by atoms with Gasteiger partial charge in [0.2, 0.25) is 5.91 Å². The lowest BCUT2D eigenvalue weighted by molar-refractivity contribution is -0.132. The molecule has 2 rings (SSSR count). The highest BCUT2D eigenvalue weighted by Crippen LogP contribution is 2.22. The van der Waals surface area contributed by atoms with Crippen molar-refractivity contribution in [1.82, 2.24) is 4.90 Å². The second kappa shape index (κ2) is 4.40. The topological polar surface area (TPSA) is 81.5 Å². The molecule has 1 aromatic rings. The Kier molecular flexibility index (Phi) is 2.93. The standard InChI is InChI=1S/C12H11N3O3/c1-14-11(17)9(7-16)10(13)15(12(14)18)8-5-3-2-4-6-8/h2-7,9,13H,1H3. The molecule has 1 saturated heterocycles. The van der Waals surface area contributed by atoms with Crippen LogP contribution in [0.2, 0.25) is 0 Å². The van der Waals surface area contributed by atoms with E-state index in [0.29, 0.717) is 12.0 Å². The number of amidine groups is 1. The molecule has 0 saturated carbocycles. The van der Waals surface area contributed by atoms with E-state index in [1.165, 1.54) is 7.05 Å². The van der Waals surface area contributed by atoms with Crippen LogP contribution in [-0.2, 0) is 9.59 Å². The molecule has 0 radical (unpaired) electrons. The molecule has 92 valence electrons. The lowest BCUT2D eigenvalue weighted by Crippen LogP contribution is -2.58. The van der Waals surface area contributed by atoms with Crippen molar-refractivity contribution in [1.29, 1.82) is 5.41 Å². The van der Waals surface area contributed by atoms with Crippen molar-refractivity contribution in [2.45, 2.75) is 0 Å². The van der Waals surface area contributed by atoms with E-state index < -0.39 is 17.9 Å². The zero-order chi connectivity index (χ0) is 13.3. The van der Waals surface area contributed by atoms with Gasteiger partial charge in [-0.25, -0.2) is 9.69 Å². The number of rotatable bonds is 2. The molecule has 18 heavy (non-hydrogen) atoms. The normalized spacial score (nSPS) is 20.3. The molecule has 3 amide bonds. The molecule has 1 heterocycles. The van der Waals surface area contributed by atoms with Crippen LogP contribution in [0.5, 0.6) is 0 Å². The molecule has 1 atom stereocenters. The number of hydrogen-bond acceptors (Lipinski definition) is 4. The molecule has 6 nitrogen and oxygen atoms in total. The van der Waals surface area contributed by atoms with Crippen molar-refractivity contribution in [3.63, 3.8) is 0 Å². The first-order valence-electron chi connectivity index (χ1n) is 5.28. The van der Waals surface area contributed by atoms with E-state index in [4.69, 9.17) is 5.41 Å². The summed E-state index contributed by atoms with van der Waals surface area (Å²) in [6, 6.07) is 7.84. The Morgan fingerprint density at radius 1 is 1.22 bits per heavy atom. The average molecular weight is 245 g/mol. The smallest absolute Gasteiger partial charge is 0.302 e. The first-order valence-corrected chi connectivity index (χ1v) is 5.28. The van der Waals surface area contributed by atoms with Gasteiger partial charge in [-0.1, -0.05) is 18.2 Å². The Bertz CT molecular complexity index is 527. The van der Waals surface area contributed by atoms with Crippen LogP contribution in [0, 0.1) is 11.3 Å². The number of para-hydroxylation sites is 1.